The van der Waals surface area contributed by atoms with E-state index >= 15 is 0 Å². The lowest BCUT2D eigenvalue weighted by molar-refractivity contribution is -0.120. The number of pyridine rings is 1. The van der Waals surface area contributed by atoms with Crippen molar-refractivity contribution in [3.63, 3.8) is 0 Å². The van der Waals surface area contributed by atoms with E-state index in [2.05, 4.69) is 21.2 Å². The van der Waals surface area contributed by atoms with Gasteiger partial charge in [0, 0.05) is 24.7 Å². The van der Waals surface area contributed by atoms with E-state index in [0.29, 0.717) is 19.5 Å². The van der Waals surface area contributed by atoms with E-state index in [1.807, 2.05) is 35.5 Å². The summed E-state index contributed by atoms with van der Waals surface area (Å²) in [5, 5.41) is 5.65. The molecule has 0 aliphatic rings. The van der Waals surface area contributed by atoms with E-state index in [9.17, 15) is 4.79 Å². The summed E-state index contributed by atoms with van der Waals surface area (Å²) in [5.41, 5.74) is 1.61. The fourth-order valence-corrected chi connectivity index (χ4v) is 2.83. The van der Waals surface area contributed by atoms with Gasteiger partial charge in [0.05, 0.1) is 24.4 Å². The van der Waals surface area contributed by atoms with Gasteiger partial charge in [-0.05, 0) is 25.6 Å². The third-order valence-corrected chi connectivity index (χ3v) is 4.09. The SMILES string of the molecule is C#CCN(C)CCCNC(=O)Cc1csc(-c2ccccn2)n1. The fourth-order valence-electron chi connectivity index (χ4n) is 2.03. The molecule has 2 aromatic heterocycles. The minimum absolute atomic E-state index is 0.0116. The lowest BCUT2D eigenvalue weighted by atomic mass is 10.3. The molecule has 2 heterocycles. The largest absolute Gasteiger partial charge is 0.356 e. The van der Waals surface area contributed by atoms with Crippen LogP contribution in [-0.4, -0.2) is 47.5 Å². The number of carbonyl (C=O) groups excluding carboxylic acids is 1. The topological polar surface area (TPSA) is 58.1 Å². The molecule has 23 heavy (non-hydrogen) atoms. The molecule has 0 spiro atoms. The van der Waals surface area contributed by atoms with Gasteiger partial charge in [0.1, 0.15) is 5.01 Å². The van der Waals surface area contributed by atoms with Crippen LogP contribution in [0.3, 0.4) is 0 Å². The highest BCUT2D eigenvalue weighted by atomic mass is 32.1. The molecule has 0 fully saturated rings. The molecule has 0 saturated heterocycles. The molecule has 0 radical (unpaired) electrons. The molecule has 0 aliphatic heterocycles. The first-order valence-electron chi connectivity index (χ1n) is 7.43. The van der Waals surface area contributed by atoms with E-state index in [-0.39, 0.29) is 5.91 Å². The Morgan fingerprint density at radius 3 is 3.09 bits per heavy atom. The van der Waals surface area contributed by atoms with Crippen LogP contribution in [0.15, 0.2) is 29.8 Å². The molecule has 6 heteroatoms. The summed E-state index contributed by atoms with van der Waals surface area (Å²) in [5.74, 6) is 2.58. The van der Waals surface area contributed by atoms with Gasteiger partial charge in [0.25, 0.3) is 0 Å². The Morgan fingerprint density at radius 1 is 1.48 bits per heavy atom. The predicted octanol–water partition coefficient (Wildman–Crippen LogP) is 1.82. The van der Waals surface area contributed by atoms with Gasteiger partial charge in [-0.2, -0.15) is 0 Å². The van der Waals surface area contributed by atoms with E-state index in [4.69, 9.17) is 6.42 Å². The van der Waals surface area contributed by atoms with Gasteiger partial charge in [0.2, 0.25) is 5.91 Å². The van der Waals surface area contributed by atoms with Crippen molar-refractivity contribution in [2.24, 2.45) is 0 Å². The molecule has 120 valence electrons. The quantitative estimate of drug-likeness (QED) is 0.593. The first-order valence-corrected chi connectivity index (χ1v) is 8.31. The van der Waals surface area contributed by atoms with Gasteiger partial charge in [-0.3, -0.25) is 14.7 Å². The maximum atomic E-state index is 11.9. The second-order valence-electron chi connectivity index (χ2n) is 5.18. The van der Waals surface area contributed by atoms with Gasteiger partial charge in [0.15, 0.2) is 0 Å². The molecule has 0 aliphatic carbocycles. The summed E-state index contributed by atoms with van der Waals surface area (Å²) in [4.78, 5) is 22.7. The summed E-state index contributed by atoms with van der Waals surface area (Å²) in [7, 11) is 1.97. The summed E-state index contributed by atoms with van der Waals surface area (Å²) >= 11 is 1.50. The first-order chi connectivity index (χ1) is 11.2. The van der Waals surface area contributed by atoms with Gasteiger partial charge >= 0.3 is 0 Å². The monoisotopic (exact) mass is 328 g/mol. The van der Waals surface area contributed by atoms with Gasteiger partial charge in [-0.25, -0.2) is 4.98 Å². The number of amides is 1. The number of aromatic nitrogens is 2. The van der Waals surface area contributed by atoms with Crippen molar-refractivity contribution in [3.05, 3.63) is 35.5 Å². The highest BCUT2D eigenvalue weighted by molar-refractivity contribution is 7.13. The Morgan fingerprint density at radius 2 is 2.35 bits per heavy atom. The molecular formula is C17H20N4OS. The van der Waals surface area contributed by atoms with Crippen LogP contribution in [0.2, 0.25) is 0 Å². The maximum absolute atomic E-state index is 11.9. The van der Waals surface area contributed by atoms with Crippen LogP contribution in [-0.2, 0) is 11.2 Å². The average Bonchev–Trinajstić information content (AvgIpc) is 3.01. The molecule has 0 atom stereocenters. The highest BCUT2D eigenvalue weighted by Gasteiger charge is 2.09. The first kappa shape index (κ1) is 17.1. The number of hydrogen-bond donors (Lipinski definition) is 1. The standard InChI is InChI=1S/C17H20N4OS/c1-3-10-21(2)11-6-9-19-16(22)12-14-13-23-17(20-14)15-7-4-5-8-18-15/h1,4-5,7-8,13H,6,9-12H2,2H3,(H,19,22). The second kappa shape index (κ2) is 9.03. The number of rotatable bonds is 8. The van der Waals surface area contributed by atoms with Crippen LogP contribution in [0.4, 0.5) is 0 Å². The number of thiazole rings is 1. The molecule has 0 bridgehead atoms. The Bertz CT molecular complexity index is 663. The maximum Gasteiger partial charge on any atom is 0.226 e. The second-order valence-corrected chi connectivity index (χ2v) is 6.04. The van der Waals surface area contributed by atoms with Crippen molar-refractivity contribution >= 4 is 17.2 Å². The van der Waals surface area contributed by atoms with Crippen molar-refractivity contribution < 1.29 is 4.79 Å². The number of nitrogens with zero attached hydrogens (tertiary/aromatic N) is 3. The molecule has 2 aromatic rings. The predicted molar refractivity (Wildman–Crippen MR) is 93.0 cm³/mol. The summed E-state index contributed by atoms with van der Waals surface area (Å²) in [6.45, 7) is 2.14. The van der Waals surface area contributed by atoms with Gasteiger partial charge in [-0.15, -0.1) is 17.8 Å². The van der Waals surface area contributed by atoms with Crippen molar-refractivity contribution in [2.45, 2.75) is 12.8 Å². The normalized spacial score (nSPS) is 10.5. The van der Waals surface area contributed by atoms with Crippen molar-refractivity contribution in [1.29, 1.82) is 0 Å². The zero-order chi connectivity index (χ0) is 16.5. The molecule has 5 nitrogen and oxygen atoms in total. The van der Waals surface area contributed by atoms with Crippen LogP contribution in [0, 0.1) is 12.3 Å². The molecular weight excluding hydrogens is 308 g/mol. The zero-order valence-electron chi connectivity index (χ0n) is 13.2. The van der Waals surface area contributed by atoms with Crippen LogP contribution in [0.1, 0.15) is 12.1 Å². The number of carbonyl (C=O) groups is 1. The molecule has 0 saturated carbocycles. The minimum Gasteiger partial charge on any atom is -0.356 e. The molecule has 0 unspecified atom stereocenters. The number of hydrogen-bond acceptors (Lipinski definition) is 5. The minimum atomic E-state index is -0.0116. The van der Waals surface area contributed by atoms with E-state index in [1.54, 1.807) is 6.20 Å². The highest BCUT2D eigenvalue weighted by Crippen LogP contribution is 2.21. The van der Waals surface area contributed by atoms with Gasteiger partial charge in [-0.1, -0.05) is 12.0 Å². The third kappa shape index (κ3) is 5.81. The molecule has 1 amide bonds. The van der Waals surface area contributed by atoms with Gasteiger partial charge < -0.3 is 5.32 Å². The number of nitrogens with one attached hydrogen (secondary N) is 1. The molecule has 1 N–H and O–H groups in total. The lowest BCUT2D eigenvalue weighted by Gasteiger charge is -2.12. The van der Waals surface area contributed by atoms with Crippen molar-refractivity contribution in [3.8, 4) is 23.0 Å². The van der Waals surface area contributed by atoms with Crippen molar-refractivity contribution in [2.75, 3.05) is 26.7 Å². The Labute approximate surface area is 140 Å². The van der Waals surface area contributed by atoms with Crippen LogP contribution < -0.4 is 5.32 Å². The lowest BCUT2D eigenvalue weighted by Crippen LogP contribution is -2.29. The smallest absolute Gasteiger partial charge is 0.226 e. The average molecular weight is 328 g/mol. The van der Waals surface area contributed by atoms with E-state index in [1.165, 1.54) is 11.3 Å². The van der Waals surface area contributed by atoms with Crippen molar-refractivity contribution in [1.82, 2.24) is 20.2 Å². The summed E-state index contributed by atoms with van der Waals surface area (Å²) in [6.07, 6.45) is 8.15. The Balaban J connectivity index is 1.74. The van der Waals surface area contributed by atoms with Crippen LogP contribution >= 0.6 is 11.3 Å². The summed E-state index contributed by atoms with van der Waals surface area (Å²) in [6, 6.07) is 5.70. The Kier molecular flexibility index (Phi) is 6.73. The molecule has 2 rings (SSSR count). The number of terminal acetylenes is 1. The van der Waals surface area contributed by atoms with Crippen LogP contribution in [0.25, 0.3) is 10.7 Å². The fraction of sp³-hybridized carbons (Fsp3) is 0.353. The Hall–Kier alpha value is -2.23. The van der Waals surface area contributed by atoms with Crippen LogP contribution in [0.5, 0.6) is 0 Å². The van der Waals surface area contributed by atoms with E-state index < -0.39 is 0 Å². The zero-order valence-corrected chi connectivity index (χ0v) is 14.0. The summed E-state index contributed by atoms with van der Waals surface area (Å²) < 4.78 is 0. The third-order valence-electron chi connectivity index (χ3n) is 3.18. The molecule has 0 aromatic carbocycles. The van der Waals surface area contributed by atoms with E-state index in [0.717, 1.165) is 29.4 Å².